The van der Waals surface area contributed by atoms with Gasteiger partial charge >= 0.3 is 11.9 Å². The minimum absolute atomic E-state index is 0.374. The third kappa shape index (κ3) is 4.90. The van der Waals surface area contributed by atoms with E-state index in [9.17, 15) is 24.6 Å². The lowest BCUT2D eigenvalue weighted by molar-refractivity contribution is -0.149. The fourth-order valence-electron chi connectivity index (χ4n) is 2.86. The molecule has 1 heterocycles. The van der Waals surface area contributed by atoms with Gasteiger partial charge in [-0.1, -0.05) is 42.5 Å². The van der Waals surface area contributed by atoms with Crippen molar-refractivity contribution in [2.24, 2.45) is 0 Å². The van der Waals surface area contributed by atoms with Crippen LogP contribution in [0.5, 0.6) is 0 Å². The zero-order valence-corrected chi connectivity index (χ0v) is 14.0. The molecule has 0 spiro atoms. The summed E-state index contributed by atoms with van der Waals surface area (Å²) >= 11 is 0. The smallest absolute Gasteiger partial charge is 0.326 e. The lowest BCUT2D eigenvalue weighted by atomic mass is 10.1. The van der Waals surface area contributed by atoms with Crippen molar-refractivity contribution in [1.82, 2.24) is 10.2 Å². The van der Waals surface area contributed by atoms with E-state index in [0.717, 1.165) is 5.56 Å². The van der Waals surface area contributed by atoms with E-state index in [4.69, 9.17) is 0 Å². The molecule has 0 saturated carbocycles. The Morgan fingerprint density at radius 2 is 1.92 bits per heavy atom. The van der Waals surface area contributed by atoms with Gasteiger partial charge in [0, 0.05) is 6.54 Å². The number of carboxylic acid groups (broad SMARTS) is 2. The van der Waals surface area contributed by atoms with Crippen LogP contribution in [0.4, 0.5) is 0 Å². The Balaban J connectivity index is 2.03. The summed E-state index contributed by atoms with van der Waals surface area (Å²) in [5.74, 6) is -2.54. The van der Waals surface area contributed by atoms with Gasteiger partial charge in [-0.2, -0.15) is 0 Å². The molecule has 1 fully saturated rings. The molecule has 2 rings (SSSR count). The summed E-state index contributed by atoms with van der Waals surface area (Å²) in [6.07, 6.45) is 4.19. The summed E-state index contributed by atoms with van der Waals surface area (Å²) in [4.78, 5) is 36.4. The summed E-state index contributed by atoms with van der Waals surface area (Å²) in [6, 6.07) is 6.53. The zero-order chi connectivity index (χ0) is 18.4. The van der Waals surface area contributed by atoms with Crippen LogP contribution in [-0.4, -0.2) is 57.6 Å². The van der Waals surface area contributed by atoms with E-state index in [1.54, 1.807) is 13.0 Å². The Morgan fingerprint density at radius 1 is 1.24 bits per heavy atom. The number of likely N-dealkylation sites (tertiary alicyclic amines) is 1. The van der Waals surface area contributed by atoms with Gasteiger partial charge in [-0.15, -0.1) is 0 Å². The number of nitrogens with zero attached hydrogens (tertiary/aromatic N) is 1. The van der Waals surface area contributed by atoms with Crippen LogP contribution >= 0.6 is 0 Å². The van der Waals surface area contributed by atoms with Crippen LogP contribution in [-0.2, 0) is 14.4 Å². The predicted molar refractivity (Wildman–Crippen MR) is 91.9 cm³/mol. The molecule has 0 bridgehead atoms. The molecule has 134 valence electrons. The van der Waals surface area contributed by atoms with Crippen LogP contribution in [0.2, 0.25) is 0 Å². The normalized spacial score (nSPS) is 19.7. The highest BCUT2D eigenvalue weighted by Crippen LogP contribution is 2.18. The van der Waals surface area contributed by atoms with Gasteiger partial charge in [0.05, 0.1) is 6.04 Å². The van der Waals surface area contributed by atoms with E-state index in [-0.39, 0.29) is 0 Å². The summed E-state index contributed by atoms with van der Waals surface area (Å²) < 4.78 is 0. The number of hydrogen-bond donors (Lipinski definition) is 3. The Labute approximate surface area is 145 Å². The van der Waals surface area contributed by atoms with Crippen molar-refractivity contribution in [3.05, 3.63) is 42.0 Å². The molecule has 0 aromatic heterocycles. The highest BCUT2D eigenvalue weighted by Gasteiger charge is 2.36. The molecule has 3 N–H and O–H groups in total. The molecule has 3 atom stereocenters. The lowest BCUT2D eigenvalue weighted by Gasteiger charge is -2.26. The first-order chi connectivity index (χ1) is 11.9. The number of amides is 1. The average molecular weight is 346 g/mol. The molecule has 0 aliphatic carbocycles. The van der Waals surface area contributed by atoms with E-state index in [0.29, 0.717) is 19.4 Å². The molecule has 1 aromatic rings. The summed E-state index contributed by atoms with van der Waals surface area (Å²) in [5, 5.41) is 21.3. The number of benzene rings is 1. The van der Waals surface area contributed by atoms with Crippen LogP contribution in [0.1, 0.15) is 25.3 Å². The molecule has 1 amide bonds. The minimum Gasteiger partial charge on any atom is -0.480 e. The van der Waals surface area contributed by atoms with E-state index in [1.807, 2.05) is 30.3 Å². The predicted octanol–water partition coefficient (Wildman–Crippen LogP) is 1.21. The average Bonchev–Trinajstić information content (AvgIpc) is 3.08. The fourth-order valence-corrected chi connectivity index (χ4v) is 2.86. The standard InChI is InChI=1S/C18H22N2O5/c1-12(16(21)20-11-5-8-15(20)18(24)25)19-14(17(22)23)10-9-13-6-3-2-4-7-13/h2-4,6-7,9-10,12,14-15,19H,5,8,11H2,1H3,(H,22,23)(H,24,25)/b10-9+/t12-,14?,15+/m1/s1. The number of hydrogen-bond acceptors (Lipinski definition) is 4. The van der Waals surface area contributed by atoms with Crippen LogP contribution in [0.15, 0.2) is 36.4 Å². The van der Waals surface area contributed by atoms with Gasteiger partial charge in [-0.05, 0) is 25.3 Å². The van der Waals surface area contributed by atoms with E-state index in [1.165, 1.54) is 11.0 Å². The number of aliphatic carboxylic acids is 2. The lowest BCUT2D eigenvalue weighted by Crippen LogP contribution is -2.52. The van der Waals surface area contributed by atoms with Crippen molar-refractivity contribution in [2.45, 2.75) is 37.9 Å². The summed E-state index contributed by atoms with van der Waals surface area (Å²) in [5.41, 5.74) is 0.847. The largest absolute Gasteiger partial charge is 0.480 e. The Hall–Kier alpha value is -2.67. The van der Waals surface area contributed by atoms with E-state index in [2.05, 4.69) is 5.32 Å². The van der Waals surface area contributed by atoms with Crippen molar-refractivity contribution in [3.8, 4) is 0 Å². The van der Waals surface area contributed by atoms with Gasteiger partial charge in [0.2, 0.25) is 5.91 Å². The molecule has 0 radical (unpaired) electrons. The van der Waals surface area contributed by atoms with Gasteiger partial charge < -0.3 is 15.1 Å². The van der Waals surface area contributed by atoms with E-state index >= 15 is 0 Å². The maximum atomic E-state index is 12.5. The Morgan fingerprint density at radius 3 is 2.52 bits per heavy atom. The third-order valence-corrected chi connectivity index (χ3v) is 4.17. The molecule has 7 heteroatoms. The third-order valence-electron chi connectivity index (χ3n) is 4.17. The molecule has 25 heavy (non-hydrogen) atoms. The summed E-state index contributed by atoms with van der Waals surface area (Å²) in [7, 11) is 0. The maximum Gasteiger partial charge on any atom is 0.326 e. The number of carbonyl (C=O) groups is 3. The van der Waals surface area contributed by atoms with Gasteiger partial charge in [-0.3, -0.25) is 14.9 Å². The summed E-state index contributed by atoms with van der Waals surface area (Å²) in [6.45, 7) is 1.92. The maximum absolute atomic E-state index is 12.5. The molecule has 1 aliphatic heterocycles. The van der Waals surface area contributed by atoms with Gasteiger partial charge in [0.15, 0.2) is 0 Å². The first-order valence-electron chi connectivity index (χ1n) is 8.15. The Bertz CT molecular complexity index is 659. The molecule has 7 nitrogen and oxygen atoms in total. The van der Waals surface area contributed by atoms with Crippen molar-refractivity contribution >= 4 is 23.9 Å². The van der Waals surface area contributed by atoms with E-state index < -0.39 is 36.0 Å². The SMILES string of the molecule is C[C@@H](NC(/C=C/c1ccccc1)C(=O)O)C(=O)N1CCC[C@H]1C(=O)O. The highest BCUT2D eigenvalue weighted by atomic mass is 16.4. The molecular formula is C18H22N2O5. The van der Waals surface area contributed by atoms with Crippen molar-refractivity contribution in [2.75, 3.05) is 6.54 Å². The topological polar surface area (TPSA) is 107 Å². The van der Waals surface area contributed by atoms with Crippen LogP contribution in [0.3, 0.4) is 0 Å². The number of carbonyl (C=O) groups excluding carboxylic acids is 1. The Kier molecular flexibility index (Phi) is 6.30. The van der Waals surface area contributed by atoms with Crippen molar-refractivity contribution < 1.29 is 24.6 Å². The number of carboxylic acids is 2. The highest BCUT2D eigenvalue weighted by molar-refractivity contribution is 5.88. The second-order valence-electron chi connectivity index (χ2n) is 6.00. The molecule has 1 aromatic carbocycles. The monoisotopic (exact) mass is 346 g/mol. The quantitative estimate of drug-likeness (QED) is 0.685. The number of rotatable bonds is 7. The van der Waals surface area contributed by atoms with Crippen LogP contribution in [0.25, 0.3) is 6.08 Å². The molecule has 1 aliphatic rings. The van der Waals surface area contributed by atoms with Gasteiger partial charge in [0.25, 0.3) is 0 Å². The zero-order valence-electron chi connectivity index (χ0n) is 14.0. The fraction of sp³-hybridized carbons (Fsp3) is 0.389. The van der Waals surface area contributed by atoms with Gasteiger partial charge in [0.1, 0.15) is 12.1 Å². The molecular weight excluding hydrogens is 324 g/mol. The first-order valence-corrected chi connectivity index (χ1v) is 8.15. The molecule has 1 saturated heterocycles. The first kappa shape index (κ1) is 18.7. The second-order valence-corrected chi connectivity index (χ2v) is 6.00. The van der Waals surface area contributed by atoms with Crippen LogP contribution in [0, 0.1) is 0 Å². The van der Waals surface area contributed by atoms with Crippen molar-refractivity contribution in [1.29, 1.82) is 0 Å². The van der Waals surface area contributed by atoms with Gasteiger partial charge in [-0.25, -0.2) is 4.79 Å². The molecule has 1 unspecified atom stereocenters. The number of nitrogens with one attached hydrogen (secondary N) is 1. The van der Waals surface area contributed by atoms with Crippen molar-refractivity contribution in [3.63, 3.8) is 0 Å². The van der Waals surface area contributed by atoms with Crippen LogP contribution < -0.4 is 5.32 Å². The minimum atomic E-state index is -1.11. The second kappa shape index (κ2) is 8.43.